The van der Waals surface area contributed by atoms with Crippen LogP contribution < -0.4 is 11.3 Å². The standard InChI is InChI=1S/C15H20BrClN4/c1-3-10(2)21-7-6-12(20-21)9-15(19-18)13-8-11(17)4-5-14(13)16/h4-8,10,15,19H,3,9,18H2,1-2H3. The minimum atomic E-state index is -0.0432. The van der Waals surface area contributed by atoms with Crippen LogP contribution in [-0.4, -0.2) is 9.78 Å². The maximum atomic E-state index is 6.08. The monoisotopic (exact) mass is 370 g/mol. The average molecular weight is 372 g/mol. The number of nitrogens with zero attached hydrogens (tertiary/aromatic N) is 2. The molecule has 0 amide bonds. The second-order valence-corrected chi connectivity index (χ2v) is 6.42. The van der Waals surface area contributed by atoms with Gasteiger partial charge < -0.3 is 0 Å². The second kappa shape index (κ2) is 7.40. The van der Waals surface area contributed by atoms with Crippen molar-refractivity contribution in [3.63, 3.8) is 0 Å². The molecular weight excluding hydrogens is 352 g/mol. The summed E-state index contributed by atoms with van der Waals surface area (Å²) in [7, 11) is 0. The van der Waals surface area contributed by atoms with E-state index in [4.69, 9.17) is 17.4 Å². The number of aromatic nitrogens is 2. The smallest absolute Gasteiger partial charge is 0.0644 e. The summed E-state index contributed by atoms with van der Waals surface area (Å²) in [5.74, 6) is 5.72. The lowest BCUT2D eigenvalue weighted by molar-refractivity contribution is 0.467. The Morgan fingerprint density at radius 3 is 2.86 bits per heavy atom. The molecule has 2 atom stereocenters. The first-order valence-corrected chi connectivity index (χ1v) is 8.17. The topological polar surface area (TPSA) is 55.9 Å². The molecule has 1 heterocycles. The number of rotatable bonds is 6. The Hall–Kier alpha value is -0.880. The third-order valence-electron chi connectivity index (χ3n) is 3.65. The Balaban J connectivity index is 2.19. The maximum absolute atomic E-state index is 6.08. The van der Waals surface area contributed by atoms with Gasteiger partial charge in [-0.05, 0) is 43.2 Å². The molecular formula is C15H20BrClN4. The van der Waals surface area contributed by atoms with E-state index in [9.17, 15) is 0 Å². The Bertz CT molecular complexity index is 599. The third kappa shape index (κ3) is 4.07. The van der Waals surface area contributed by atoms with E-state index < -0.39 is 0 Å². The van der Waals surface area contributed by atoms with Crippen LogP contribution >= 0.6 is 27.5 Å². The molecule has 21 heavy (non-hydrogen) atoms. The fourth-order valence-electron chi connectivity index (χ4n) is 2.17. The molecule has 0 radical (unpaired) electrons. The van der Waals surface area contributed by atoms with Crippen LogP contribution in [0.1, 0.15) is 43.6 Å². The van der Waals surface area contributed by atoms with Crippen LogP contribution in [0.4, 0.5) is 0 Å². The fourth-order valence-corrected chi connectivity index (χ4v) is 2.87. The molecule has 0 aliphatic heterocycles. The molecule has 6 heteroatoms. The first-order chi connectivity index (χ1) is 10.0. The summed E-state index contributed by atoms with van der Waals surface area (Å²) in [6, 6.07) is 8.09. The zero-order valence-corrected chi connectivity index (χ0v) is 14.5. The van der Waals surface area contributed by atoms with Crippen molar-refractivity contribution in [1.29, 1.82) is 0 Å². The molecule has 2 unspecified atom stereocenters. The number of nitrogens with one attached hydrogen (secondary N) is 1. The second-order valence-electron chi connectivity index (χ2n) is 5.13. The molecule has 2 aromatic rings. The van der Waals surface area contributed by atoms with Gasteiger partial charge in [-0.3, -0.25) is 16.0 Å². The van der Waals surface area contributed by atoms with E-state index in [1.54, 1.807) is 0 Å². The van der Waals surface area contributed by atoms with Crippen molar-refractivity contribution in [3.8, 4) is 0 Å². The van der Waals surface area contributed by atoms with E-state index in [0.29, 0.717) is 17.5 Å². The number of nitrogens with two attached hydrogens (primary N) is 1. The molecule has 0 saturated carbocycles. The zero-order valence-electron chi connectivity index (χ0n) is 12.2. The lowest BCUT2D eigenvalue weighted by Crippen LogP contribution is -2.30. The summed E-state index contributed by atoms with van der Waals surface area (Å²) >= 11 is 9.62. The largest absolute Gasteiger partial charge is 0.271 e. The van der Waals surface area contributed by atoms with Gasteiger partial charge in [0.05, 0.1) is 11.7 Å². The quantitative estimate of drug-likeness (QED) is 0.595. The fraction of sp³-hybridized carbons (Fsp3) is 0.400. The van der Waals surface area contributed by atoms with Crippen molar-refractivity contribution in [2.75, 3.05) is 0 Å². The van der Waals surface area contributed by atoms with E-state index in [-0.39, 0.29) is 6.04 Å². The summed E-state index contributed by atoms with van der Waals surface area (Å²) in [5.41, 5.74) is 4.88. The maximum Gasteiger partial charge on any atom is 0.0644 e. The molecule has 0 saturated heterocycles. The van der Waals surface area contributed by atoms with Gasteiger partial charge in [0.1, 0.15) is 0 Å². The molecule has 1 aromatic heterocycles. The third-order valence-corrected chi connectivity index (χ3v) is 4.61. The van der Waals surface area contributed by atoms with Gasteiger partial charge >= 0.3 is 0 Å². The van der Waals surface area contributed by atoms with E-state index >= 15 is 0 Å². The summed E-state index contributed by atoms with van der Waals surface area (Å²) < 4.78 is 2.98. The molecule has 2 rings (SSSR count). The average Bonchev–Trinajstić information content (AvgIpc) is 2.95. The van der Waals surface area contributed by atoms with Crippen molar-refractivity contribution in [3.05, 3.63) is 51.2 Å². The summed E-state index contributed by atoms with van der Waals surface area (Å²) in [5, 5.41) is 5.31. The summed E-state index contributed by atoms with van der Waals surface area (Å²) in [6.45, 7) is 4.31. The highest BCUT2D eigenvalue weighted by Gasteiger charge is 2.16. The Morgan fingerprint density at radius 2 is 2.19 bits per heavy atom. The van der Waals surface area contributed by atoms with E-state index in [0.717, 1.165) is 22.2 Å². The minimum Gasteiger partial charge on any atom is -0.271 e. The molecule has 0 aliphatic rings. The molecule has 3 N–H and O–H groups in total. The van der Waals surface area contributed by atoms with E-state index in [1.165, 1.54) is 0 Å². The van der Waals surface area contributed by atoms with E-state index in [1.807, 2.05) is 35.1 Å². The van der Waals surface area contributed by atoms with Gasteiger partial charge in [-0.15, -0.1) is 0 Å². The van der Waals surface area contributed by atoms with Gasteiger partial charge in [0.15, 0.2) is 0 Å². The van der Waals surface area contributed by atoms with Crippen molar-refractivity contribution >= 4 is 27.5 Å². The number of hydrogen-bond donors (Lipinski definition) is 2. The van der Waals surface area contributed by atoms with Crippen LogP contribution in [0, 0.1) is 0 Å². The summed E-state index contributed by atoms with van der Waals surface area (Å²) in [6.07, 6.45) is 3.78. The Kier molecular flexibility index (Phi) is 5.81. The number of hydrazine groups is 1. The van der Waals surface area contributed by atoms with Crippen LogP contribution in [0.5, 0.6) is 0 Å². The van der Waals surface area contributed by atoms with Crippen LogP contribution in [0.25, 0.3) is 0 Å². The van der Waals surface area contributed by atoms with Crippen LogP contribution in [0.2, 0.25) is 5.02 Å². The normalized spacial score (nSPS) is 14.1. The van der Waals surface area contributed by atoms with Crippen molar-refractivity contribution < 1.29 is 0 Å². The number of hydrogen-bond acceptors (Lipinski definition) is 3. The van der Waals surface area contributed by atoms with Gasteiger partial charge in [-0.2, -0.15) is 5.10 Å². The lowest BCUT2D eigenvalue weighted by Gasteiger charge is -2.17. The molecule has 114 valence electrons. The first-order valence-electron chi connectivity index (χ1n) is 7.00. The van der Waals surface area contributed by atoms with Crippen LogP contribution in [-0.2, 0) is 6.42 Å². The Morgan fingerprint density at radius 1 is 1.43 bits per heavy atom. The van der Waals surface area contributed by atoms with Crippen molar-refractivity contribution in [2.45, 2.75) is 38.8 Å². The predicted octanol–water partition coefficient (Wildman–Crippen LogP) is 4.02. The van der Waals surface area contributed by atoms with Crippen molar-refractivity contribution in [2.24, 2.45) is 5.84 Å². The zero-order chi connectivity index (χ0) is 15.4. The molecule has 4 nitrogen and oxygen atoms in total. The highest BCUT2D eigenvalue weighted by Crippen LogP contribution is 2.28. The predicted molar refractivity (Wildman–Crippen MR) is 90.1 cm³/mol. The first kappa shape index (κ1) is 16.5. The van der Waals surface area contributed by atoms with Crippen LogP contribution in [0.3, 0.4) is 0 Å². The lowest BCUT2D eigenvalue weighted by atomic mass is 10.0. The van der Waals surface area contributed by atoms with Gasteiger partial charge in [0.2, 0.25) is 0 Å². The van der Waals surface area contributed by atoms with Gasteiger partial charge in [-0.1, -0.05) is 34.5 Å². The van der Waals surface area contributed by atoms with E-state index in [2.05, 4.69) is 40.3 Å². The molecule has 0 aliphatic carbocycles. The molecule has 1 aromatic carbocycles. The summed E-state index contributed by atoms with van der Waals surface area (Å²) in [4.78, 5) is 0. The number of halogens is 2. The molecule has 0 bridgehead atoms. The number of benzene rings is 1. The Labute approximate surface area is 138 Å². The highest BCUT2D eigenvalue weighted by molar-refractivity contribution is 9.10. The van der Waals surface area contributed by atoms with Gasteiger partial charge in [0, 0.05) is 28.2 Å². The van der Waals surface area contributed by atoms with Crippen molar-refractivity contribution in [1.82, 2.24) is 15.2 Å². The van der Waals surface area contributed by atoms with Gasteiger partial charge in [-0.25, -0.2) is 0 Å². The highest BCUT2D eigenvalue weighted by atomic mass is 79.9. The SMILES string of the molecule is CCC(C)n1ccc(CC(NN)c2cc(Cl)ccc2Br)n1. The minimum absolute atomic E-state index is 0.0432. The van der Waals surface area contributed by atoms with Gasteiger partial charge in [0.25, 0.3) is 0 Å². The van der Waals surface area contributed by atoms with Crippen LogP contribution in [0.15, 0.2) is 34.9 Å². The molecule has 0 spiro atoms. The molecule has 0 fully saturated rings.